The van der Waals surface area contributed by atoms with Gasteiger partial charge in [-0.1, -0.05) is 18.2 Å². The van der Waals surface area contributed by atoms with Gasteiger partial charge < -0.3 is 15.4 Å². The Morgan fingerprint density at radius 2 is 1.89 bits per heavy atom. The molecule has 0 aliphatic carbocycles. The number of likely N-dealkylation sites (N-methyl/N-ethyl adjacent to an activating group) is 1. The van der Waals surface area contributed by atoms with E-state index in [1.165, 1.54) is 0 Å². The summed E-state index contributed by atoms with van der Waals surface area (Å²) in [5.74, 6) is 0.891. The van der Waals surface area contributed by atoms with Crippen LogP contribution in [0.3, 0.4) is 0 Å². The number of para-hydroxylation sites is 1. The minimum Gasteiger partial charge on any atom is -0.491 e. The lowest BCUT2D eigenvalue weighted by molar-refractivity contribution is -0.120. The molecule has 0 spiro atoms. The first kappa shape index (κ1) is 17.7. The summed E-state index contributed by atoms with van der Waals surface area (Å²) in [6, 6.07) is 6.04. The fraction of sp³-hybridized carbons (Fsp3) is 0.500. The third kappa shape index (κ3) is 5.94. The van der Waals surface area contributed by atoms with Crippen LogP contribution in [0, 0.1) is 13.8 Å². The summed E-state index contributed by atoms with van der Waals surface area (Å²) in [4.78, 5) is 11.4. The number of ether oxygens (including phenoxy) is 1. The van der Waals surface area contributed by atoms with Crippen LogP contribution in [0.1, 0.15) is 18.1 Å². The number of carbonyl (C=O) groups is 1. The van der Waals surface area contributed by atoms with Gasteiger partial charge in [0.15, 0.2) is 0 Å². The first-order valence-electron chi connectivity index (χ1n) is 6.17. The van der Waals surface area contributed by atoms with Gasteiger partial charge in [0.1, 0.15) is 12.4 Å². The molecular formula is C14H23ClN2O2. The van der Waals surface area contributed by atoms with E-state index in [0.29, 0.717) is 13.2 Å². The number of carbonyl (C=O) groups excluding carboxylic acids is 1. The molecule has 0 bridgehead atoms. The molecule has 1 amide bonds. The SMILES string of the molecule is CNCC(=O)NC(C)COc1c(C)cccc1C.Cl. The molecule has 0 radical (unpaired) electrons. The zero-order valence-electron chi connectivity index (χ0n) is 11.9. The molecule has 0 heterocycles. The van der Waals surface area contributed by atoms with Crippen molar-refractivity contribution in [2.75, 3.05) is 20.2 Å². The van der Waals surface area contributed by atoms with E-state index in [9.17, 15) is 4.79 Å². The molecular weight excluding hydrogens is 264 g/mol. The number of hydrogen-bond donors (Lipinski definition) is 2. The third-order valence-corrected chi connectivity index (χ3v) is 2.63. The van der Waals surface area contributed by atoms with Gasteiger partial charge in [0.25, 0.3) is 0 Å². The summed E-state index contributed by atoms with van der Waals surface area (Å²) in [5, 5.41) is 5.68. The van der Waals surface area contributed by atoms with Gasteiger partial charge in [-0.2, -0.15) is 0 Å². The standard InChI is InChI=1S/C14H22N2O2.ClH/c1-10-6-5-7-11(2)14(10)18-9-12(3)16-13(17)8-15-4;/h5-7,12,15H,8-9H2,1-4H3,(H,16,17);1H. The second kappa shape index (κ2) is 8.77. The van der Waals surface area contributed by atoms with Gasteiger partial charge in [0.05, 0.1) is 12.6 Å². The molecule has 0 aliphatic rings. The Morgan fingerprint density at radius 1 is 1.32 bits per heavy atom. The Kier molecular flexibility index (Phi) is 8.19. The number of benzene rings is 1. The molecule has 0 saturated carbocycles. The lowest BCUT2D eigenvalue weighted by atomic mass is 10.1. The monoisotopic (exact) mass is 286 g/mol. The van der Waals surface area contributed by atoms with Crippen LogP contribution in [0.2, 0.25) is 0 Å². The van der Waals surface area contributed by atoms with E-state index >= 15 is 0 Å². The third-order valence-electron chi connectivity index (χ3n) is 2.63. The molecule has 1 atom stereocenters. The van der Waals surface area contributed by atoms with Gasteiger partial charge in [-0.25, -0.2) is 0 Å². The second-order valence-corrected chi connectivity index (χ2v) is 4.53. The summed E-state index contributed by atoms with van der Waals surface area (Å²) in [6.07, 6.45) is 0. The van der Waals surface area contributed by atoms with E-state index in [1.807, 2.05) is 39.0 Å². The fourth-order valence-electron chi connectivity index (χ4n) is 1.76. The van der Waals surface area contributed by atoms with Crippen LogP contribution in [0.25, 0.3) is 0 Å². The molecule has 0 aliphatic heterocycles. The highest BCUT2D eigenvalue weighted by Crippen LogP contribution is 2.22. The summed E-state index contributed by atoms with van der Waals surface area (Å²) < 4.78 is 5.77. The molecule has 1 aromatic carbocycles. The maximum absolute atomic E-state index is 11.4. The Hall–Kier alpha value is -1.26. The maximum atomic E-state index is 11.4. The van der Waals surface area contributed by atoms with Crippen LogP contribution in [0.4, 0.5) is 0 Å². The summed E-state index contributed by atoms with van der Waals surface area (Å²) in [5.41, 5.74) is 2.23. The molecule has 1 rings (SSSR count). The van der Waals surface area contributed by atoms with Crippen LogP contribution in [-0.2, 0) is 4.79 Å². The number of rotatable bonds is 6. The molecule has 0 aromatic heterocycles. The van der Waals surface area contributed by atoms with Gasteiger partial charge in [-0.15, -0.1) is 12.4 Å². The van der Waals surface area contributed by atoms with Crippen molar-refractivity contribution in [3.63, 3.8) is 0 Å². The molecule has 19 heavy (non-hydrogen) atoms. The van der Waals surface area contributed by atoms with Crippen molar-refractivity contribution >= 4 is 18.3 Å². The minimum atomic E-state index is -0.0184. The topological polar surface area (TPSA) is 50.4 Å². The molecule has 108 valence electrons. The van der Waals surface area contributed by atoms with Crippen molar-refractivity contribution in [1.29, 1.82) is 0 Å². The average Bonchev–Trinajstić information content (AvgIpc) is 2.28. The van der Waals surface area contributed by atoms with Crippen LogP contribution >= 0.6 is 12.4 Å². The summed E-state index contributed by atoms with van der Waals surface area (Å²) >= 11 is 0. The minimum absolute atomic E-state index is 0. The predicted octanol–water partition coefficient (Wildman–Crippen LogP) is 1.83. The van der Waals surface area contributed by atoms with E-state index < -0.39 is 0 Å². The van der Waals surface area contributed by atoms with Crippen molar-refractivity contribution in [2.24, 2.45) is 0 Å². The predicted molar refractivity (Wildman–Crippen MR) is 80.2 cm³/mol. The van der Waals surface area contributed by atoms with Crippen LogP contribution in [0.15, 0.2) is 18.2 Å². The van der Waals surface area contributed by atoms with Crippen molar-refractivity contribution in [3.05, 3.63) is 29.3 Å². The quantitative estimate of drug-likeness (QED) is 0.839. The molecule has 4 nitrogen and oxygen atoms in total. The van der Waals surface area contributed by atoms with E-state index in [2.05, 4.69) is 10.6 Å². The molecule has 1 aromatic rings. The zero-order valence-corrected chi connectivity index (χ0v) is 12.8. The maximum Gasteiger partial charge on any atom is 0.234 e. The Morgan fingerprint density at radius 3 is 2.42 bits per heavy atom. The van der Waals surface area contributed by atoms with Crippen molar-refractivity contribution in [2.45, 2.75) is 26.8 Å². The first-order valence-corrected chi connectivity index (χ1v) is 6.17. The first-order chi connectivity index (χ1) is 8.54. The highest BCUT2D eigenvalue weighted by Gasteiger charge is 2.09. The van der Waals surface area contributed by atoms with Crippen molar-refractivity contribution < 1.29 is 9.53 Å². The van der Waals surface area contributed by atoms with Gasteiger partial charge in [0, 0.05) is 0 Å². The zero-order chi connectivity index (χ0) is 13.5. The van der Waals surface area contributed by atoms with E-state index in [1.54, 1.807) is 7.05 Å². The van der Waals surface area contributed by atoms with Crippen LogP contribution < -0.4 is 15.4 Å². The van der Waals surface area contributed by atoms with Gasteiger partial charge in [0.2, 0.25) is 5.91 Å². The average molecular weight is 287 g/mol. The largest absolute Gasteiger partial charge is 0.491 e. The van der Waals surface area contributed by atoms with E-state index in [-0.39, 0.29) is 24.4 Å². The van der Waals surface area contributed by atoms with E-state index in [4.69, 9.17) is 4.74 Å². The van der Waals surface area contributed by atoms with Crippen molar-refractivity contribution in [3.8, 4) is 5.75 Å². The molecule has 0 fully saturated rings. The Balaban J connectivity index is 0.00000324. The summed E-state index contributed by atoms with van der Waals surface area (Å²) in [7, 11) is 1.75. The van der Waals surface area contributed by atoms with E-state index in [0.717, 1.165) is 16.9 Å². The highest BCUT2D eigenvalue weighted by molar-refractivity contribution is 5.85. The number of nitrogens with one attached hydrogen (secondary N) is 2. The Labute approximate surface area is 121 Å². The number of aryl methyl sites for hydroxylation is 2. The molecule has 1 unspecified atom stereocenters. The fourth-order valence-corrected chi connectivity index (χ4v) is 1.76. The molecule has 0 saturated heterocycles. The second-order valence-electron chi connectivity index (χ2n) is 4.53. The lowest BCUT2D eigenvalue weighted by Gasteiger charge is -2.17. The molecule has 5 heteroatoms. The lowest BCUT2D eigenvalue weighted by Crippen LogP contribution is -2.41. The van der Waals surface area contributed by atoms with Crippen LogP contribution in [-0.4, -0.2) is 32.1 Å². The normalized spacial score (nSPS) is 11.4. The van der Waals surface area contributed by atoms with Crippen LogP contribution in [0.5, 0.6) is 5.75 Å². The summed E-state index contributed by atoms with van der Waals surface area (Å²) in [6.45, 7) is 6.77. The smallest absolute Gasteiger partial charge is 0.234 e. The molecule has 2 N–H and O–H groups in total. The van der Waals surface area contributed by atoms with Gasteiger partial charge in [-0.05, 0) is 38.9 Å². The number of halogens is 1. The number of amides is 1. The van der Waals surface area contributed by atoms with Crippen molar-refractivity contribution in [1.82, 2.24) is 10.6 Å². The van der Waals surface area contributed by atoms with Gasteiger partial charge in [-0.3, -0.25) is 4.79 Å². The van der Waals surface area contributed by atoms with Gasteiger partial charge >= 0.3 is 0 Å². The highest BCUT2D eigenvalue weighted by atomic mass is 35.5. The Bertz CT molecular complexity index is 390. The number of hydrogen-bond acceptors (Lipinski definition) is 3.